The lowest BCUT2D eigenvalue weighted by Crippen LogP contribution is -2.30. The van der Waals surface area contributed by atoms with E-state index < -0.39 is 11.9 Å². The Hall–Kier alpha value is -1.29. The lowest BCUT2D eigenvalue weighted by atomic mass is 10.2. The van der Waals surface area contributed by atoms with Gasteiger partial charge in [-0.05, 0) is 31.5 Å². The molecular formula is C12H15ClFNO2. The molecule has 1 aromatic carbocycles. The molecule has 0 fully saturated rings. The summed E-state index contributed by atoms with van der Waals surface area (Å²) in [4.78, 5) is 11.5. The van der Waals surface area contributed by atoms with Gasteiger partial charge in [0.2, 0.25) is 0 Å². The Morgan fingerprint density at radius 2 is 2.18 bits per heavy atom. The molecule has 0 aliphatic carbocycles. The first kappa shape index (κ1) is 13.8. The van der Waals surface area contributed by atoms with Gasteiger partial charge in [0.1, 0.15) is 11.9 Å². The molecule has 0 radical (unpaired) electrons. The standard InChI is InChI=1S/C12H15ClFNO2/c1-3-11(12(16)17-4-2)15-10-6-8(13)5-9(14)7-10/h5-7,11,15H,3-4H2,1-2H3. The summed E-state index contributed by atoms with van der Waals surface area (Å²) in [6, 6.07) is 3.56. The zero-order valence-corrected chi connectivity index (χ0v) is 10.6. The minimum absolute atomic E-state index is 0.284. The fraction of sp³-hybridized carbons (Fsp3) is 0.417. The van der Waals surface area contributed by atoms with Crippen molar-refractivity contribution >= 4 is 23.3 Å². The van der Waals surface area contributed by atoms with Crippen molar-refractivity contribution in [2.45, 2.75) is 26.3 Å². The number of benzene rings is 1. The maximum absolute atomic E-state index is 13.1. The largest absolute Gasteiger partial charge is 0.464 e. The molecule has 0 saturated carbocycles. The second-order valence-electron chi connectivity index (χ2n) is 3.52. The molecule has 0 heterocycles. The summed E-state index contributed by atoms with van der Waals surface area (Å²) in [7, 11) is 0. The number of halogens is 2. The van der Waals surface area contributed by atoms with Crippen LogP contribution in [0, 0.1) is 5.82 Å². The van der Waals surface area contributed by atoms with Crippen LogP contribution in [0.1, 0.15) is 20.3 Å². The lowest BCUT2D eigenvalue weighted by Gasteiger charge is -2.16. The number of hydrogen-bond donors (Lipinski definition) is 1. The van der Waals surface area contributed by atoms with Crippen LogP contribution in [0.2, 0.25) is 5.02 Å². The summed E-state index contributed by atoms with van der Waals surface area (Å²) in [6.07, 6.45) is 0.549. The molecule has 5 heteroatoms. The van der Waals surface area contributed by atoms with E-state index in [-0.39, 0.29) is 11.0 Å². The Labute approximate surface area is 105 Å². The van der Waals surface area contributed by atoms with E-state index in [1.807, 2.05) is 6.92 Å². The maximum Gasteiger partial charge on any atom is 0.328 e. The SMILES string of the molecule is CCOC(=O)C(CC)Nc1cc(F)cc(Cl)c1. The Morgan fingerprint density at radius 3 is 2.71 bits per heavy atom. The fourth-order valence-electron chi connectivity index (χ4n) is 1.41. The fourth-order valence-corrected chi connectivity index (χ4v) is 1.63. The molecule has 0 bridgehead atoms. The van der Waals surface area contributed by atoms with Gasteiger partial charge >= 0.3 is 5.97 Å². The molecule has 0 spiro atoms. The molecule has 94 valence electrons. The van der Waals surface area contributed by atoms with Crippen molar-refractivity contribution in [3.8, 4) is 0 Å². The van der Waals surface area contributed by atoms with Crippen LogP contribution in [0.5, 0.6) is 0 Å². The Kier molecular flexibility index (Phi) is 5.22. The Bertz CT molecular complexity index is 378. The molecule has 1 N–H and O–H groups in total. The van der Waals surface area contributed by atoms with Crippen molar-refractivity contribution in [2.75, 3.05) is 11.9 Å². The number of carbonyl (C=O) groups excluding carboxylic acids is 1. The van der Waals surface area contributed by atoms with Crippen LogP contribution in [0.3, 0.4) is 0 Å². The summed E-state index contributed by atoms with van der Waals surface area (Å²) in [5, 5.41) is 3.18. The average molecular weight is 260 g/mol. The van der Waals surface area contributed by atoms with E-state index in [4.69, 9.17) is 16.3 Å². The highest BCUT2D eigenvalue weighted by Gasteiger charge is 2.17. The molecule has 1 unspecified atom stereocenters. The highest BCUT2D eigenvalue weighted by atomic mass is 35.5. The molecular weight excluding hydrogens is 245 g/mol. The third-order valence-corrected chi connectivity index (χ3v) is 2.40. The molecule has 0 amide bonds. The average Bonchev–Trinajstić information content (AvgIpc) is 2.24. The van der Waals surface area contributed by atoms with E-state index in [9.17, 15) is 9.18 Å². The maximum atomic E-state index is 13.1. The topological polar surface area (TPSA) is 38.3 Å². The molecule has 1 aromatic rings. The molecule has 17 heavy (non-hydrogen) atoms. The first-order valence-electron chi connectivity index (χ1n) is 5.46. The minimum atomic E-state index is -0.493. The van der Waals surface area contributed by atoms with E-state index in [1.54, 1.807) is 13.0 Å². The molecule has 0 aliphatic rings. The minimum Gasteiger partial charge on any atom is -0.464 e. The van der Waals surface area contributed by atoms with Crippen molar-refractivity contribution in [2.24, 2.45) is 0 Å². The van der Waals surface area contributed by atoms with Gasteiger partial charge in [0.05, 0.1) is 6.61 Å². The number of ether oxygens (including phenoxy) is 1. The molecule has 3 nitrogen and oxygen atoms in total. The van der Waals surface area contributed by atoms with Crippen LogP contribution >= 0.6 is 11.6 Å². The van der Waals surface area contributed by atoms with Crippen molar-refractivity contribution in [1.29, 1.82) is 0 Å². The number of anilines is 1. The van der Waals surface area contributed by atoms with Gasteiger partial charge in [0, 0.05) is 10.7 Å². The predicted octanol–water partition coefficient (Wildman–Crippen LogP) is 3.23. The number of rotatable bonds is 5. The quantitative estimate of drug-likeness (QED) is 0.825. The zero-order chi connectivity index (χ0) is 12.8. The number of carbonyl (C=O) groups is 1. The molecule has 1 atom stereocenters. The molecule has 0 aliphatic heterocycles. The summed E-state index contributed by atoms with van der Waals surface area (Å²) >= 11 is 5.72. The van der Waals surface area contributed by atoms with Crippen LogP contribution in [-0.2, 0) is 9.53 Å². The van der Waals surface area contributed by atoms with Crippen LogP contribution in [0.25, 0.3) is 0 Å². The van der Waals surface area contributed by atoms with Gasteiger partial charge in [0.25, 0.3) is 0 Å². The zero-order valence-electron chi connectivity index (χ0n) is 9.80. The number of hydrogen-bond acceptors (Lipinski definition) is 3. The van der Waals surface area contributed by atoms with E-state index in [2.05, 4.69) is 5.32 Å². The predicted molar refractivity (Wildman–Crippen MR) is 65.7 cm³/mol. The van der Waals surface area contributed by atoms with Gasteiger partial charge in [-0.2, -0.15) is 0 Å². The van der Waals surface area contributed by atoms with Gasteiger partial charge < -0.3 is 10.1 Å². The highest BCUT2D eigenvalue weighted by Crippen LogP contribution is 2.19. The normalized spacial score (nSPS) is 12.0. The van der Waals surface area contributed by atoms with E-state index in [0.29, 0.717) is 18.7 Å². The summed E-state index contributed by atoms with van der Waals surface area (Å²) in [5.41, 5.74) is 0.468. The van der Waals surface area contributed by atoms with E-state index in [1.165, 1.54) is 12.1 Å². The number of esters is 1. The first-order chi connectivity index (χ1) is 8.06. The number of nitrogens with one attached hydrogen (secondary N) is 1. The summed E-state index contributed by atoms with van der Waals surface area (Å²) in [5.74, 6) is -0.797. The van der Waals surface area contributed by atoms with Crippen molar-refractivity contribution in [3.05, 3.63) is 29.0 Å². The third kappa shape index (κ3) is 4.23. The van der Waals surface area contributed by atoms with Gasteiger partial charge in [-0.15, -0.1) is 0 Å². The summed E-state index contributed by atoms with van der Waals surface area (Å²) < 4.78 is 18.0. The van der Waals surface area contributed by atoms with Crippen molar-refractivity contribution < 1.29 is 13.9 Å². The molecule has 1 rings (SSSR count). The third-order valence-electron chi connectivity index (χ3n) is 2.18. The van der Waals surface area contributed by atoms with Crippen molar-refractivity contribution in [1.82, 2.24) is 0 Å². The van der Waals surface area contributed by atoms with Gasteiger partial charge in [0.15, 0.2) is 0 Å². The Morgan fingerprint density at radius 1 is 1.47 bits per heavy atom. The highest BCUT2D eigenvalue weighted by molar-refractivity contribution is 6.30. The second kappa shape index (κ2) is 6.45. The van der Waals surface area contributed by atoms with Crippen molar-refractivity contribution in [3.63, 3.8) is 0 Å². The molecule has 0 aromatic heterocycles. The monoisotopic (exact) mass is 259 g/mol. The smallest absolute Gasteiger partial charge is 0.328 e. The van der Waals surface area contributed by atoms with Gasteiger partial charge in [-0.1, -0.05) is 18.5 Å². The van der Waals surface area contributed by atoms with E-state index >= 15 is 0 Å². The Balaban J connectivity index is 2.76. The van der Waals surface area contributed by atoms with E-state index in [0.717, 1.165) is 0 Å². The van der Waals surface area contributed by atoms with Crippen LogP contribution in [-0.4, -0.2) is 18.6 Å². The second-order valence-corrected chi connectivity index (χ2v) is 3.95. The molecule has 0 saturated heterocycles. The van der Waals surface area contributed by atoms with Gasteiger partial charge in [-0.3, -0.25) is 0 Å². The van der Waals surface area contributed by atoms with Crippen LogP contribution in [0.4, 0.5) is 10.1 Å². The van der Waals surface area contributed by atoms with Crippen LogP contribution in [0.15, 0.2) is 18.2 Å². The van der Waals surface area contributed by atoms with Gasteiger partial charge in [-0.25, -0.2) is 9.18 Å². The lowest BCUT2D eigenvalue weighted by molar-refractivity contribution is -0.144. The summed E-state index contributed by atoms with van der Waals surface area (Å²) in [6.45, 7) is 3.90. The first-order valence-corrected chi connectivity index (χ1v) is 5.83. The van der Waals surface area contributed by atoms with Crippen LogP contribution < -0.4 is 5.32 Å².